The molecular weight excluding hydrogens is 356 g/mol. The van der Waals surface area contributed by atoms with E-state index in [2.05, 4.69) is 10.6 Å². The number of hydrogen-bond donors (Lipinski definition) is 3. The van der Waals surface area contributed by atoms with Crippen LogP contribution in [0.4, 0.5) is 4.79 Å². The largest absolute Gasteiger partial charge is 0.490 e. The van der Waals surface area contributed by atoms with Crippen LogP contribution in [0.15, 0.2) is 42.5 Å². The zero-order valence-corrected chi connectivity index (χ0v) is 17.0. The molecule has 0 unspecified atom stereocenters. The van der Waals surface area contributed by atoms with Crippen LogP contribution in [0.3, 0.4) is 0 Å². The first-order valence-electron chi connectivity index (χ1n) is 9.65. The quantitative estimate of drug-likeness (QED) is 0.606. The standard InChI is InChI=1S/C22H30N2O4/c1-5-27-20-12-11-19(13-21(20)28-6-2)15(3)24-22(26)23-14-17-7-9-18(10-8-17)16(4)25/h7-13,15-16,25H,5-6,14H2,1-4H3,(H2,23,24,26)/t15-,16-/m1/s1. The van der Waals surface area contributed by atoms with E-state index in [1.807, 2.05) is 63.2 Å². The highest BCUT2D eigenvalue weighted by Crippen LogP contribution is 2.30. The van der Waals surface area contributed by atoms with Crippen molar-refractivity contribution in [3.05, 3.63) is 59.2 Å². The Bertz CT molecular complexity index is 760. The van der Waals surface area contributed by atoms with Crippen molar-refractivity contribution >= 4 is 6.03 Å². The number of carbonyl (C=O) groups is 1. The molecule has 0 aliphatic rings. The Kier molecular flexibility index (Phi) is 8.14. The number of aliphatic hydroxyl groups is 1. The van der Waals surface area contributed by atoms with Crippen molar-refractivity contribution in [3.8, 4) is 11.5 Å². The number of hydrogen-bond acceptors (Lipinski definition) is 4. The van der Waals surface area contributed by atoms with E-state index in [0.29, 0.717) is 31.3 Å². The highest BCUT2D eigenvalue weighted by molar-refractivity contribution is 5.74. The van der Waals surface area contributed by atoms with E-state index >= 15 is 0 Å². The van der Waals surface area contributed by atoms with Gasteiger partial charge in [0.1, 0.15) is 0 Å². The first kappa shape index (κ1) is 21.6. The first-order chi connectivity index (χ1) is 13.4. The van der Waals surface area contributed by atoms with Gasteiger partial charge in [-0.3, -0.25) is 0 Å². The van der Waals surface area contributed by atoms with Gasteiger partial charge in [-0.05, 0) is 56.5 Å². The fraction of sp³-hybridized carbons (Fsp3) is 0.409. The number of ether oxygens (including phenoxy) is 2. The van der Waals surface area contributed by atoms with Gasteiger partial charge >= 0.3 is 6.03 Å². The number of aliphatic hydroxyl groups excluding tert-OH is 1. The summed E-state index contributed by atoms with van der Waals surface area (Å²) in [6.07, 6.45) is -0.498. The molecule has 2 aromatic rings. The summed E-state index contributed by atoms with van der Waals surface area (Å²) in [6, 6.07) is 12.8. The van der Waals surface area contributed by atoms with Crippen LogP contribution >= 0.6 is 0 Å². The zero-order chi connectivity index (χ0) is 20.5. The molecule has 0 heterocycles. The fourth-order valence-electron chi connectivity index (χ4n) is 2.76. The first-order valence-corrected chi connectivity index (χ1v) is 9.65. The van der Waals surface area contributed by atoms with Gasteiger partial charge in [-0.1, -0.05) is 30.3 Å². The molecule has 0 spiro atoms. The summed E-state index contributed by atoms with van der Waals surface area (Å²) in [5.41, 5.74) is 2.75. The number of benzene rings is 2. The lowest BCUT2D eigenvalue weighted by molar-refractivity contribution is 0.199. The number of rotatable bonds is 9. The van der Waals surface area contributed by atoms with Gasteiger partial charge in [-0.25, -0.2) is 4.79 Å². The molecule has 2 rings (SSSR count). The predicted octanol–water partition coefficient (Wildman–Crippen LogP) is 4.10. The molecule has 2 aromatic carbocycles. The van der Waals surface area contributed by atoms with Crippen LogP contribution in [0, 0.1) is 0 Å². The van der Waals surface area contributed by atoms with E-state index in [1.54, 1.807) is 6.92 Å². The molecular formula is C22H30N2O4. The molecule has 28 heavy (non-hydrogen) atoms. The van der Waals surface area contributed by atoms with E-state index in [0.717, 1.165) is 16.7 Å². The van der Waals surface area contributed by atoms with Gasteiger partial charge in [-0.2, -0.15) is 0 Å². The van der Waals surface area contributed by atoms with Crippen molar-refractivity contribution in [3.63, 3.8) is 0 Å². The van der Waals surface area contributed by atoms with Gasteiger partial charge in [0.05, 0.1) is 25.4 Å². The average molecular weight is 386 g/mol. The molecule has 152 valence electrons. The Morgan fingerprint density at radius 1 is 0.964 bits per heavy atom. The highest BCUT2D eigenvalue weighted by atomic mass is 16.5. The molecule has 6 heteroatoms. The lowest BCUT2D eigenvalue weighted by atomic mass is 10.1. The van der Waals surface area contributed by atoms with Crippen molar-refractivity contribution in [1.82, 2.24) is 10.6 Å². The van der Waals surface area contributed by atoms with Gasteiger partial charge in [-0.15, -0.1) is 0 Å². The molecule has 0 aromatic heterocycles. The second-order valence-electron chi connectivity index (χ2n) is 6.54. The van der Waals surface area contributed by atoms with Gasteiger partial charge in [0.25, 0.3) is 0 Å². The smallest absolute Gasteiger partial charge is 0.315 e. The minimum Gasteiger partial charge on any atom is -0.490 e. The molecule has 0 saturated carbocycles. The number of carbonyl (C=O) groups excluding carboxylic acids is 1. The highest BCUT2D eigenvalue weighted by Gasteiger charge is 2.13. The molecule has 0 aliphatic heterocycles. The lowest BCUT2D eigenvalue weighted by Crippen LogP contribution is -2.36. The maximum Gasteiger partial charge on any atom is 0.315 e. The summed E-state index contributed by atoms with van der Waals surface area (Å²) >= 11 is 0. The fourth-order valence-corrected chi connectivity index (χ4v) is 2.76. The van der Waals surface area contributed by atoms with Crippen molar-refractivity contribution in [2.75, 3.05) is 13.2 Å². The Morgan fingerprint density at radius 3 is 2.18 bits per heavy atom. The Balaban J connectivity index is 1.93. The van der Waals surface area contributed by atoms with E-state index in [4.69, 9.17) is 9.47 Å². The van der Waals surface area contributed by atoms with Crippen LogP contribution in [-0.2, 0) is 6.54 Å². The van der Waals surface area contributed by atoms with Gasteiger partial charge < -0.3 is 25.2 Å². The summed E-state index contributed by atoms with van der Waals surface area (Å²) in [5.74, 6) is 1.37. The van der Waals surface area contributed by atoms with Gasteiger partial charge in [0.2, 0.25) is 0 Å². The van der Waals surface area contributed by atoms with E-state index < -0.39 is 6.10 Å². The Hall–Kier alpha value is -2.73. The second kappa shape index (κ2) is 10.6. The normalized spacial score (nSPS) is 12.8. The number of amides is 2. The van der Waals surface area contributed by atoms with Crippen LogP contribution in [0.1, 0.15) is 56.5 Å². The summed E-state index contributed by atoms with van der Waals surface area (Å²) < 4.78 is 11.2. The predicted molar refractivity (Wildman–Crippen MR) is 110 cm³/mol. The third-order valence-corrected chi connectivity index (χ3v) is 4.33. The molecule has 3 N–H and O–H groups in total. The monoisotopic (exact) mass is 386 g/mol. The maximum atomic E-state index is 12.2. The SMILES string of the molecule is CCOc1ccc([C@@H](C)NC(=O)NCc2ccc([C@@H](C)O)cc2)cc1OCC. The van der Waals surface area contributed by atoms with Crippen molar-refractivity contribution in [2.45, 2.75) is 46.4 Å². The topological polar surface area (TPSA) is 79.8 Å². The molecule has 0 fully saturated rings. The molecule has 2 atom stereocenters. The molecule has 0 aliphatic carbocycles. The van der Waals surface area contributed by atoms with Gasteiger partial charge in [0, 0.05) is 6.54 Å². The third-order valence-electron chi connectivity index (χ3n) is 4.33. The molecule has 6 nitrogen and oxygen atoms in total. The Morgan fingerprint density at radius 2 is 1.57 bits per heavy atom. The van der Waals surface area contributed by atoms with Crippen molar-refractivity contribution < 1.29 is 19.4 Å². The van der Waals surface area contributed by atoms with Crippen LogP contribution in [-0.4, -0.2) is 24.4 Å². The minimum atomic E-state index is -0.498. The van der Waals surface area contributed by atoms with Crippen LogP contribution in [0.2, 0.25) is 0 Å². The molecule has 0 radical (unpaired) electrons. The third kappa shape index (κ3) is 6.16. The van der Waals surface area contributed by atoms with Crippen LogP contribution < -0.4 is 20.1 Å². The summed E-state index contributed by atoms with van der Waals surface area (Å²) in [4.78, 5) is 12.2. The summed E-state index contributed by atoms with van der Waals surface area (Å²) in [7, 11) is 0. The summed E-state index contributed by atoms with van der Waals surface area (Å²) in [5, 5.41) is 15.3. The number of urea groups is 1. The zero-order valence-electron chi connectivity index (χ0n) is 17.0. The van der Waals surface area contributed by atoms with Crippen molar-refractivity contribution in [1.29, 1.82) is 0 Å². The summed E-state index contributed by atoms with van der Waals surface area (Å²) in [6.45, 7) is 9.00. The maximum absolute atomic E-state index is 12.2. The molecule has 2 amide bonds. The van der Waals surface area contributed by atoms with Crippen LogP contribution in [0.5, 0.6) is 11.5 Å². The minimum absolute atomic E-state index is 0.188. The van der Waals surface area contributed by atoms with Crippen molar-refractivity contribution in [2.24, 2.45) is 0 Å². The molecule has 0 saturated heterocycles. The average Bonchev–Trinajstić information content (AvgIpc) is 2.68. The Labute approximate surface area is 166 Å². The van der Waals surface area contributed by atoms with E-state index in [-0.39, 0.29) is 12.1 Å². The molecule has 0 bridgehead atoms. The van der Waals surface area contributed by atoms with Gasteiger partial charge in [0.15, 0.2) is 11.5 Å². The van der Waals surface area contributed by atoms with E-state index in [1.165, 1.54) is 0 Å². The lowest BCUT2D eigenvalue weighted by Gasteiger charge is -2.18. The second-order valence-corrected chi connectivity index (χ2v) is 6.54. The number of nitrogens with one attached hydrogen (secondary N) is 2. The van der Waals surface area contributed by atoms with E-state index in [9.17, 15) is 9.90 Å². The van der Waals surface area contributed by atoms with Crippen LogP contribution in [0.25, 0.3) is 0 Å².